The van der Waals surface area contributed by atoms with Crippen molar-refractivity contribution in [2.45, 2.75) is 5.91 Å². The summed E-state index contributed by atoms with van der Waals surface area (Å²) in [6.45, 7) is 0. The van der Waals surface area contributed by atoms with Crippen molar-refractivity contribution in [1.82, 2.24) is 9.97 Å². The Hall–Kier alpha value is -2.85. The van der Waals surface area contributed by atoms with Gasteiger partial charge < -0.3 is 25.2 Å². The van der Waals surface area contributed by atoms with Crippen LogP contribution in [0.25, 0.3) is 10.9 Å². The maximum Gasteiger partial charge on any atom is 0.369 e. The van der Waals surface area contributed by atoms with Gasteiger partial charge in [-0.2, -0.15) is 0 Å². The van der Waals surface area contributed by atoms with E-state index in [1.165, 1.54) is 37.7 Å². The lowest BCUT2D eigenvalue weighted by atomic mass is 10.2. The molecule has 30 heavy (non-hydrogen) atoms. The molecule has 1 aromatic heterocycles. The highest BCUT2D eigenvalue weighted by Gasteiger charge is 2.36. The number of nitrogens with one attached hydrogen (secondary N) is 2. The lowest BCUT2D eigenvalue weighted by Crippen LogP contribution is -2.24. The summed E-state index contributed by atoms with van der Waals surface area (Å²) in [5.41, 5.74) is 0.719. The van der Waals surface area contributed by atoms with Crippen molar-refractivity contribution in [2.24, 2.45) is 0 Å². The predicted molar refractivity (Wildman–Crippen MR) is 106 cm³/mol. The Bertz CT molecular complexity index is 1180. The number of halogens is 3. The van der Waals surface area contributed by atoms with E-state index in [1.54, 1.807) is 0 Å². The molecular formula is C17H14ClF2N4O5P. The van der Waals surface area contributed by atoms with Gasteiger partial charge in [-0.3, -0.25) is 9.36 Å². The molecule has 1 amide bonds. The van der Waals surface area contributed by atoms with E-state index in [-0.39, 0.29) is 22.3 Å². The van der Waals surface area contributed by atoms with Gasteiger partial charge in [0.15, 0.2) is 0 Å². The number of aromatic nitrogens is 2. The van der Waals surface area contributed by atoms with Crippen molar-refractivity contribution in [2.75, 3.05) is 17.7 Å². The molecule has 3 aromatic rings. The number of carbonyl (C=O) groups excluding carboxylic acids is 1. The Labute approximate surface area is 173 Å². The zero-order chi connectivity index (χ0) is 22.1. The van der Waals surface area contributed by atoms with Crippen molar-refractivity contribution in [1.29, 1.82) is 0 Å². The average molecular weight is 459 g/mol. The topological polar surface area (TPSA) is 134 Å². The minimum Gasteiger partial charge on any atom is -0.494 e. The molecule has 4 N–H and O–H groups in total. The van der Waals surface area contributed by atoms with Gasteiger partial charge in [-0.05, 0) is 24.3 Å². The molecule has 9 nitrogen and oxygen atoms in total. The first-order chi connectivity index (χ1) is 14.1. The molecule has 0 aliphatic heterocycles. The number of carbonyl (C=O) groups is 1. The highest BCUT2D eigenvalue weighted by Crippen LogP contribution is 2.43. The molecule has 0 bridgehead atoms. The van der Waals surface area contributed by atoms with Gasteiger partial charge in [-0.1, -0.05) is 11.6 Å². The summed E-state index contributed by atoms with van der Waals surface area (Å²) in [7, 11) is -4.00. The summed E-state index contributed by atoms with van der Waals surface area (Å²) >= 11 is 5.78. The predicted octanol–water partition coefficient (Wildman–Crippen LogP) is 3.59. The molecule has 2 aromatic carbocycles. The van der Waals surface area contributed by atoms with E-state index in [0.717, 1.165) is 6.07 Å². The molecule has 1 atom stereocenters. The second-order valence-corrected chi connectivity index (χ2v) is 8.00. The van der Waals surface area contributed by atoms with Crippen LogP contribution in [0.15, 0.2) is 36.7 Å². The molecular weight excluding hydrogens is 445 g/mol. The molecule has 0 saturated carbocycles. The molecule has 0 aliphatic rings. The molecule has 3 rings (SSSR count). The number of nitrogens with zero attached hydrogens (tertiary/aromatic N) is 2. The fourth-order valence-corrected chi connectivity index (χ4v) is 3.06. The SMILES string of the molecule is COc1cc2ncnc(Nc3ccc(F)c(Cl)c3)c2cc1NC(=O)C(F)P(=O)(O)O. The summed E-state index contributed by atoms with van der Waals surface area (Å²) < 4.78 is 43.2. The zero-order valence-corrected chi connectivity index (χ0v) is 16.8. The number of amides is 1. The summed E-state index contributed by atoms with van der Waals surface area (Å²) in [4.78, 5) is 37.8. The maximum atomic E-state index is 13.7. The molecule has 0 fully saturated rings. The zero-order valence-electron chi connectivity index (χ0n) is 15.1. The summed E-state index contributed by atoms with van der Waals surface area (Å²) in [6, 6.07) is 6.68. The minimum atomic E-state index is -5.29. The average Bonchev–Trinajstić information content (AvgIpc) is 2.69. The Balaban J connectivity index is 2.02. The Kier molecular flexibility index (Phi) is 6.18. The van der Waals surface area contributed by atoms with Crippen LogP contribution >= 0.6 is 19.2 Å². The number of fused-ring (bicyclic) bond motifs is 1. The molecule has 13 heteroatoms. The van der Waals surface area contributed by atoms with Crippen LogP contribution < -0.4 is 15.4 Å². The molecule has 1 unspecified atom stereocenters. The highest BCUT2D eigenvalue weighted by atomic mass is 35.5. The third-order valence-corrected chi connectivity index (χ3v) is 5.02. The number of anilines is 3. The van der Waals surface area contributed by atoms with Gasteiger partial charge in [-0.25, -0.2) is 18.7 Å². The second kappa shape index (κ2) is 8.49. The van der Waals surface area contributed by atoms with Crippen LogP contribution in [0.2, 0.25) is 5.02 Å². The number of rotatable bonds is 6. The van der Waals surface area contributed by atoms with E-state index in [0.29, 0.717) is 16.6 Å². The molecule has 0 saturated heterocycles. The number of hydrogen-bond acceptors (Lipinski definition) is 6. The van der Waals surface area contributed by atoms with Gasteiger partial charge in [0.25, 0.3) is 11.8 Å². The first-order valence-corrected chi connectivity index (χ1v) is 10.2. The van der Waals surface area contributed by atoms with E-state index >= 15 is 0 Å². The normalized spacial score (nSPS) is 12.5. The van der Waals surface area contributed by atoms with Gasteiger partial charge in [0.2, 0.25) is 0 Å². The van der Waals surface area contributed by atoms with Crippen LogP contribution in [0, 0.1) is 5.82 Å². The van der Waals surface area contributed by atoms with Gasteiger partial charge in [0.05, 0.1) is 23.3 Å². The molecule has 158 valence electrons. The first-order valence-electron chi connectivity index (χ1n) is 8.15. The van der Waals surface area contributed by atoms with E-state index in [1.807, 2.05) is 0 Å². The van der Waals surface area contributed by atoms with Crippen LogP contribution in [0.5, 0.6) is 5.75 Å². The number of benzene rings is 2. The smallest absolute Gasteiger partial charge is 0.369 e. The second-order valence-electron chi connectivity index (χ2n) is 5.96. The summed E-state index contributed by atoms with van der Waals surface area (Å²) in [6.07, 6.45) is 1.25. The van der Waals surface area contributed by atoms with Crippen molar-refractivity contribution < 1.29 is 32.7 Å². The van der Waals surface area contributed by atoms with E-state index in [9.17, 15) is 18.1 Å². The number of ether oxygens (including phenoxy) is 1. The number of methoxy groups -OCH3 is 1. The highest BCUT2D eigenvalue weighted by molar-refractivity contribution is 7.53. The molecule has 1 heterocycles. The third-order valence-electron chi connectivity index (χ3n) is 3.91. The number of hydrogen-bond donors (Lipinski definition) is 4. The lowest BCUT2D eigenvalue weighted by molar-refractivity contribution is -0.118. The Morgan fingerprint density at radius 3 is 2.63 bits per heavy atom. The lowest BCUT2D eigenvalue weighted by Gasteiger charge is -2.15. The monoisotopic (exact) mass is 458 g/mol. The summed E-state index contributed by atoms with van der Waals surface area (Å²) in [5, 5.41) is 5.24. The molecule has 0 spiro atoms. The van der Waals surface area contributed by atoms with E-state index < -0.39 is 25.2 Å². The van der Waals surface area contributed by atoms with E-state index in [4.69, 9.17) is 26.1 Å². The summed E-state index contributed by atoms with van der Waals surface area (Å²) in [5.74, 6) is -4.88. The van der Waals surface area contributed by atoms with Crippen LogP contribution in [0.3, 0.4) is 0 Å². The van der Waals surface area contributed by atoms with Crippen LogP contribution in [-0.2, 0) is 9.36 Å². The Morgan fingerprint density at radius 2 is 2.00 bits per heavy atom. The molecule has 0 radical (unpaired) electrons. The van der Waals surface area contributed by atoms with Crippen LogP contribution in [0.4, 0.5) is 26.0 Å². The largest absolute Gasteiger partial charge is 0.494 e. The van der Waals surface area contributed by atoms with Gasteiger partial charge in [0.1, 0.15) is 23.7 Å². The fourth-order valence-electron chi connectivity index (χ4n) is 2.51. The maximum absolute atomic E-state index is 13.7. The minimum absolute atomic E-state index is 0.0684. The fraction of sp³-hybridized carbons (Fsp3) is 0.118. The van der Waals surface area contributed by atoms with Crippen molar-refractivity contribution in [3.8, 4) is 5.75 Å². The van der Waals surface area contributed by atoms with Gasteiger partial charge >= 0.3 is 7.60 Å². The quantitative estimate of drug-likeness (QED) is 0.412. The first kappa shape index (κ1) is 21.8. The van der Waals surface area contributed by atoms with Crippen molar-refractivity contribution in [3.05, 3.63) is 47.5 Å². The molecule has 0 aliphatic carbocycles. The standard InChI is InChI=1S/C17H14ClF2N4O5P/c1-29-14-6-12-9(5-13(14)24-17(25)15(20)30(26,27)28)16(22-7-21-12)23-8-2-3-11(19)10(18)4-8/h2-7,15H,1H3,(H,24,25)(H,21,22,23)(H2,26,27,28). The van der Waals surface area contributed by atoms with Crippen molar-refractivity contribution >= 4 is 53.2 Å². The third kappa shape index (κ3) is 4.65. The van der Waals surface area contributed by atoms with Gasteiger partial charge in [-0.15, -0.1) is 0 Å². The van der Waals surface area contributed by atoms with Crippen molar-refractivity contribution in [3.63, 3.8) is 0 Å². The van der Waals surface area contributed by atoms with Gasteiger partial charge in [0, 0.05) is 17.1 Å². The number of alkyl halides is 1. The Morgan fingerprint density at radius 1 is 1.27 bits per heavy atom. The van der Waals surface area contributed by atoms with Crippen LogP contribution in [0.1, 0.15) is 0 Å². The van der Waals surface area contributed by atoms with Crippen LogP contribution in [-0.4, -0.2) is 38.7 Å². The van der Waals surface area contributed by atoms with E-state index in [2.05, 4.69) is 20.6 Å².